The lowest BCUT2D eigenvalue weighted by atomic mass is 9.92. The van der Waals surface area contributed by atoms with Gasteiger partial charge in [-0.25, -0.2) is 9.18 Å². The number of benzene rings is 3. The molecule has 0 aromatic heterocycles. The lowest BCUT2D eigenvalue weighted by molar-refractivity contribution is -0.143. The molecule has 0 saturated carbocycles. The van der Waals surface area contributed by atoms with E-state index < -0.39 is 0 Å². The van der Waals surface area contributed by atoms with Crippen LogP contribution >= 0.6 is 0 Å². The van der Waals surface area contributed by atoms with Gasteiger partial charge in [0.15, 0.2) is 0 Å². The van der Waals surface area contributed by atoms with Crippen LogP contribution in [0.3, 0.4) is 0 Å². The van der Waals surface area contributed by atoms with Crippen LogP contribution in [0.1, 0.15) is 66.6 Å². The topological polar surface area (TPSA) is 61.8 Å². The monoisotopic (exact) mass is 532 g/mol. The maximum absolute atomic E-state index is 13.2. The number of ether oxygens (including phenoxy) is 3. The second kappa shape index (κ2) is 16.1. The highest BCUT2D eigenvalue weighted by molar-refractivity contribution is 5.89. The molecule has 1 unspecified atom stereocenters. The van der Waals surface area contributed by atoms with Gasteiger partial charge in [-0.1, -0.05) is 61.0 Å². The molecule has 0 bridgehead atoms. The number of hydrogen-bond donors (Lipinski definition) is 0. The molecule has 3 rings (SSSR count). The van der Waals surface area contributed by atoms with Gasteiger partial charge < -0.3 is 14.2 Å². The second-order valence-electron chi connectivity index (χ2n) is 9.24. The Labute approximate surface area is 230 Å². The Morgan fingerprint density at radius 1 is 0.846 bits per heavy atom. The van der Waals surface area contributed by atoms with Gasteiger partial charge >= 0.3 is 11.9 Å². The molecule has 0 saturated heterocycles. The van der Waals surface area contributed by atoms with E-state index in [-0.39, 0.29) is 23.7 Å². The third kappa shape index (κ3) is 10.4. The Morgan fingerprint density at radius 3 is 2.26 bits per heavy atom. The van der Waals surface area contributed by atoms with Gasteiger partial charge in [-0.2, -0.15) is 0 Å². The van der Waals surface area contributed by atoms with E-state index in [0.29, 0.717) is 31.8 Å². The fraction of sp³-hybridized carbons (Fsp3) is 0.333. The Bertz CT molecular complexity index is 1200. The number of allylic oxidation sites excluding steroid dienone is 1. The predicted molar refractivity (Wildman–Crippen MR) is 151 cm³/mol. The van der Waals surface area contributed by atoms with Gasteiger partial charge in [0.05, 0.1) is 18.8 Å². The van der Waals surface area contributed by atoms with Crippen LogP contribution < -0.4 is 4.74 Å². The highest BCUT2D eigenvalue weighted by Crippen LogP contribution is 2.24. The van der Waals surface area contributed by atoms with E-state index in [1.807, 2.05) is 43.3 Å². The summed E-state index contributed by atoms with van der Waals surface area (Å²) in [5, 5.41) is 0. The summed E-state index contributed by atoms with van der Waals surface area (Å²) < 4.78 is 29.4. The molecule has 5 nitrogen and oxygen atoms in total. The van der Waals surface area contributed by atoms with Gasteiger partial charge in [-0.15, -0.1) is 0 Å². The van der Waals surface area contributed by atoms with E-state index in [1.54, 1.807) is 31.2 Å². The van der Waals surface area contributed by atoms with Crippen LogP contribution in [0, 0.1) is 11.7 Å². The number of hydrogen-bond acceptors (Lipinski definition) is 5. The van der Waals surface area contributed by atoms with Crippen LogP contribution in [-0.4, -0.2) is 25.2 Å². The molecule has 39 heavy (non-hydrogen) atoms. The molecule has 1 atom stereocenters. The normalized spacial score (nSPS) is 11.8. The first kappa shape index (κ1) is 29.6. The van der Waals surface area contributed by atoms with Crippen molar-refractivity contribution < 1.29 is 28.2 Å². The molecule has 0 aliphatic rings. The van der Waals surface area contributed by atoms with Gasteiger partial charge in [-0.3, -0.25) is 4.79 Å². The number of unbranched alkanes of at least 4 members (excludes halogenated alkanes) is 1. The first-order valence-corrected chi connectivity index (χ1v) is 13.5. The van der Waals surface area contributed by atoms with Crippen molar-refractivity contribution in [1.82, 2.24) is 0 Å². The zero-order chi connectivity index (χ0) is 27.9. The van der Waals surface area contributed by atoms with E-state index in [2.05, 4.69) is 12.2 Å². The molecule has 0 amide bonds. The van der Waals surface area contributed by atoms with Gasteiger partial charge in [0.1, 0.15) is 18.2 Å². The Morgan fingerprint density at radius 2 is 1.54 bits per heavy atom. The zero-order valence-electron chi connectivity index (χ0n) is 22.7. The smallest absolute Gasteiger partial charge is 0.338 e. The molecular weight excluding hydrogens is 495 g/mol. The molecule has 6 heteroatoms. The summed E-state index contributed by atoms with van der Waals surface area (Å²) in [7, 11) is 0. The third-order valence-corrected chi connectivity index (χ3v) is 6.25. The largest absolute Gasteiger partial charge is 0.488 e. The average Bonchev–Trinajstić information content (AvgIpc) is 2.94. The highest BCUT2D eigenvalue weighted by Gasteiger charge is 2.11. The first-order chi connectivity index (χ1) is 19.0. The first-order valence-electron chi connectivity index (χ1n) is 13.5. The minimum absolute atomic E-state index is 0.161. The molecule has 3 aromatic carbocycles. The molecule has 0 fully saturated rings. The summed E-state index contributed by atoms with van der Waals surface area (Å²) in [4.78, 5) is 23.7. The quantitative estimate of drug-likeness (QED) is 0.149. The average molecular weight is 533 g/mol. The van der Waals surface area contributed by atoms with Gasteiger partial charge in [0.25, 0.3) is 0 Å². The molecule has 0 aliphatic carbocycles. The number of carbonyl (C=O) groups excluding carboxylic acids is 2. The van der Waals surface area contributed by atoms with Crippen LogP contribution in [-0.2, 0) is 27.3 Å². The Balaban J connectivity index is 1.69. The van der Waals surface area contributed by atoms with Crippen molar-refractivity contribution >= 4 is 18.0 Å². The Kier molecular flexibility index (Phi) is 12.2. The van der Waals surface area contributed by atoms with E-state index >= 15 is 0 Å². The SMILES string of the molecule is CCOC(=O)CCCCC(/C=C/c1ccccc1OCc1ccc(F)cc1)Cc1ccc(C(=O)OCC)cc1. The van der Waals surface area contributed by atoms with E-state index in [9.17, 15) is 14.0 Å². The lowest BCUT2D eigenvalue weighted by Crippen LogP contribution is -2.06. The van der Waals surface area contributed by atoms with Crippen molar-refractivity contribution in [3.05, 3.63) is 107 Å². The predicted octanol–water partition coefficient (Wildman–Crippen LogP) is 7.58. The van der Waals surface area contributed by atoms with Crippen molar-refractivity contribution in [2.45, 2.75) is 52.6 Å². The van der Waals surface area contributed by atoms with Crippen LogP contribution in [0.2, 0.25) is 0 Å². The number of halogens is 1. The van der Waals surface area contributed by atoms with E-state index in [0.717, 1.165) is 48.1 Å². The zero-order valence-corrected chi connectivity index (χ0v) is 22.7. The van der Waals surface area contributed by atoms with Crippen LogP contribution in [0.5, 0.6) is 5.75 Å². The maximum atomic E-state index is 13.2. The van der Waals surface area contributed by atoms with Crippen molar-refractivity contribution in [1.29, 1.82) is 0 Å². The molecule has 0 spiro atoms. The lowest BCUT2D eigenvalue weighted by Gasteiger charge is -2.14. The summed E-state index contributed by atoms with van der Waals surface area (Å²) >= 11 is 0. The minimum atomic E-state index is -0.322. The Hall–Kier alpha value is -3.93. The van der Waals surface area contributed by atoms with Gasteiger partial charge in [0, 0.05) is 12.0 Å². The molecular formula is C33H37FO5. The van der Waals surface area contributed by atoms with Crippen molar-refractivity contribution in [2.24, 2.45) is 5.92 Å². The van der Waals surface area contributed by atoms with Crippen LogP contribution in [0.25, 0.3) is 6.08 Å². The number of esters is 2. The molecule has 0 N–H and O–H groups in total. The van der Waals surface area contributed by atoms with Crippen molar-refractivity contribution in [3.8, 4) is 5.75 Å². The molecule has 0 aliphatic heterocycles. The summed E-state index contributed by atoms with van der Waals surface area (Å²) in [6, 6.07) is 21.6. The summed E-state index contributed by atoms with van der Waals surface area (Å²) in [5.74, 6) is 0.206. The standard InChI is InChI=1S/C33H37FO5/c1-3-37-32(35)12-8-5-9-25(23-26-14-19-29(20-15-26)33(36)38-4-2)13-18-28-10-6-7-11-31(28)39-24-27-16-21-30(34)22-17-27/h6-7,10-11,13-22,25H,3-5,8-9,12,23-24H2,1-2H3/b18-13+. The fourth-order valence-corrected chi connectivity index (χ4v) is 4.20. The third-order valence-electron chi connectivity index (χ3n) is 6.25. The molecule has 0 heterocycles. The summed E-state index contributed by atoms with van der Waals surface area (Å²) in [6.45, 7) is 4.68. The van der Waals surface area contributed by atoms with Gasteiger partial charge in [0.2, 0.25) is 0 Å². The van der Waals surface area contributed by atoms with Crippen molar-refractivity contribution in [3.63, 3.8) is 0 Å². The van der Waals surface area contributed by atoms with E-state index in [1.165, 1.54) is 12.1 Å². The summed E-state index contributed by atoms with van der Waals surface area (Å²) in [6.07, 6.45) is 8.01. The number of para-hydroxylation sites is 1. The maximum Gasteiger partial charge on any atom is 0.338 e. The summed E-state index contributed by atoms with van der Waals surface area (Å²) in [5.41, 5.74) is 3.49. The molecule has 3 aromatic rings. The van der Waals surface area contributed by atoms with Crippen LogP contribution in [0.15, 0.2) is 78.9 Å². The number of rotatable bonds is 15. The van der Waals surface area contributed by atoms with E-state index in [4.69, 9.17) is 14.2 Å². The second-order valence-corrected chi connectivity index (χ2v) is 9.24. The van der Waals surface area contributed by atoms with Gasteiger partial charge in [-0.05, 0) is 80.5 Å². The fourth-order valence-electron chi connectivity index (χ4n) is 4.20. The minimum Gasteiger partial charge on any atom is -0.488 e. The van der Waals surface area contributed by atoms with Crippen LogP contribution in [0.4, 0.5) is 4.39 Å². The van der Waals surface area contributed by atoms with Crippen molar-refractivity contribution in [2.75, 3.05) is 13.2 Å². The number of carbonyl (C=O) groups is 2. The molecule has 206 valence electrons. The molecule has 0 radical (unpaired) electrons. The highest BCUT2D eigenvalue weighted by atomic mass is 19.1.